The molecule has 4 nitrogen and oxygen atoms in total. The number of rotatable bonds is 3. The van der Waals surface area contributed by atoms with Gasteiger partial charge in [0.05, 0.1) is 0 Å². The van der Waals surface area contributed by atoms with Crippen molar-refractivity contribution in [3.05, 3.63) is 34.1 Å². The fraction of sp³-hybridized carbons (Fsp3) is 0.562. The number of hydrogen-bond donors (Lipinski definition) is 1. The fourth-order valence-corrected chi connectivity index (χ4v) is 2.94. The molecule has 1 fully saturated rings. The maximum atomic E-state index is 13.1. The Hall–Kier alpha value is -1.14. The van der Waals surface area contributed by atoms with Gasteiger partial charge in [-0.2, -0.15) is 0 Å². The number of likely N-dealkylation sites (tertiary alicyclic amines) is 1. The van der Waals surface area contributed by atoms with E-state index < -0.39 is 5.60 Å². The van der Waals surface area contributed by atoms with Crippen molar-refractivity contribution in [3.8, 4) is 0 Å². The van der Waals surface area contributed by atoms with Crippen LogP contribution in [0.5, 0.6) is 0 Å². The molecule has 22 heavy (non-hydrogen) atoms. The van der Waals surface area contributed by atoms with Crippen molar-refractivity contribution in [2.75, 3.05) is 13.1 Å². The minimum Gasteiger partial charge on any atom is -0.444 e. The molecule has 1 aromatic carbocycles. The van der Waals surface area contributed by atoms with Crippen molar-refractivity contribution in [1.82, 2.24) is 10.2 Å². The third-order valence-electron chi connectivity index (χ3n) is 3.40. The highest BCUT2D eigenvalue weighted by Gasteiger charge is 2.26. The van der Waals surface area contributed by atoms with Crippen molar-refractivity contribution in [2.24, 2.45) is 0 Å². The first-order chi connectivity index (χ1) is 10.2. The molecular formula is C16H22BrFN2O2. The maximum absolute atomic E-state index is 13.1. The topological polar surface area (TPSA) is 41.6 Å². The van der Waals surface area contributed by atoms with E-state index in [2.05, 4.69) is 26.1 Å². The van der Waals surface area contributed by atoms with Crippen LogP contribution in [-0.4, -0.2) is 35.7 Å². The van der Waals surface area contributed by atoms with Crippen LogP contribution >= 0.6 is 15.9 Å². The SMILES string of the molecule is CC(C)(C)OC(=O)N[C@@H]1CCN(Cc2ccc(F)cc2Br)C1. The summed E-state index contributed by atoms with van der Waals surface area (Å²) in [5, 5.41) is 2.90. The minimum absolute atomic E-state index is 0.0917. The Balaban J connectivity index is 1.84. The van der Waals surface area contributed by atoms with E-state index in [1.165, 1.54) is 12.1 Å². The van der Waals surface area contributed by atoms with Crippen LogP contribution in [0.1, 0.15) is 32.8 Å². The molecule has 0 unspecified atom stereocenters. The minimum atomic E-state index is -0.485. The summed E-state index contributed by atoms with van der Waals surface area (Å²) in [6.07, 6.45) is 0.514. The van der Waals surface area contributed by atoms with Crippen molar-refractivity contribution in [1.29, 1.82) is 0 Å². The predicted molar refractivity (Wildman–Crippen MR) is 87.2 cm³/mol. The molecule has 0 aromatic heterocycles. The molecule has 0 bridgehead atoms. The van der Waals surface area contributed by atoms with Gasteiger partial charge in [-0.15, -0.1) is 0 Å². The number of carbonyl (C=O) groups is 1. The van der Waals surface area contributed by atoms with E-state index in [1.807, 2.05) is 20.8 Å². The van der Waals surface area contributed by atoms with E-state index in [4.69, 9.17) is 4.74 Å². The van der Waals surface area contributed by atoms with E-state index in [-0.39, 0.29) is 18.0 Å². The molecule has 1 aromatic rings. The molecule has 0 radical (unpaired) electrons. The second-order valence-electron chi connectivity index (χ2n) is 6.60. The Morgan fingerprint density at radius 3 is 2.86 bits per heavy atom. The molecule has 1 aliphatic rings. The van der Waals surface area contributed by atoms with Crippen molar-refractivity contribution in [2.45, 2.75) is 45.4 Å². The van der Waals surface area contributed by atoms with Gasteiger partial charge in [0.1, 0.15) is 11.4 Å². The number of nitrogens with one attached hydrogen (secondary N) is 1. The molecule has 1 N–H and O–H groups in total. The van der Waals surface area contributed by atoms with Crippen LogP contribution in [0.25, 0.3) is 0 Å². The third-order valence-corrected chi connectivity index (χ3v) is 4.14. The standard InChI is InChI=1S/C16H22BrFN2O2/c1-16(2,3)22-15(21)19-13-6-7-20(10-13)9-11-4-5-12(18)8-14(11)17/h4-5,8,13H,6-7,9-10H2,1-3H3,(H,19,21)/t13-/m1/s1. The lowest BCUT2D eigenvalue weighted by Gasteiger charge is -2.22. The summed E-state index contributed by atoms with van der Waals surface area (Å²) in [7, 11) is 0. The highest BCUT2D eigenvalue weighted by molar-refractivity contribution is 9.10. The molecule has 1 amide bonds. The number of alkyl carbamates (subject to hydrolysis) is 1. The molecule has 6 heteroatoms. The number of benzene rings is 1. The molecule has 0 aliphatic carbocycles. The largest absolute Gasteiger partial charge is 0.444 e. The van der Waals surface area contributed by atoms with E-state index in [1.54, 1.807) is 6.07 Å². The van der Waals surface area contributed by atoms with Crippen molar-refractivity contribution >= 4 is 22.0 Å². The number of carbonyl (C=O) groups excluding carboxylic acids is 1. The quantitative estimate of drug-likeness (QED) is 0.879. The summed E-state index contributed by atoms with van der Waals surface area (Å²) in [5.74, 6) is -0.249. The second-order valence-corrected chi connectivity index (χ2v) is 7.46. The Morgan fingerprint density at radius 1 is 1.50 bits per heavy atom. The van der Waals surface area contributed by atoms with Gasteiger partial charge < -0.3 is 10.1 Å². The monoisotopic (exact) mass is 372 g/mol. The van der Waals surface area contributed by atoms with E-state index >= 15 is 0 Å². The van der Waals surface area contributed by atoms with Crippen LogP contribution in [-0.2, 0) is 11.3 Å². The summed E-state index contributed by atoms with van der Waals surface area (Å²) in [6, 6.07) is 4.82. The Morgan fingerprint density at radius 2 is 2.23 bits per heavy atom. The number of halogens is 2. The van der Waals surface area contributed by atoms with Gasteiger partial charge in [-0.25, -0.2) is 9.18 Å². The van der Waals surface area contributed by atoms with E-state index in [9.17, 15) is 9.18 Å². The molecule has 122 valence electrons. The summed E-state index contributed by atoms with van der Waals surface area (Å²) < 4.78 is 19.1. The van der Waals surface area contributed by atoms with Crippen LogP contribution in [0, 0.1) is 5.82 Å². The Labute approximate surface area is 139 Å². The third kappa shape index (κ3) is 5.25. The molecule has 1 aliphatic heterocycles. The second kappa shape index (κ2) is 6.96. The van der Waals surface area contributed by atoms with Crippen LogP contribution in [0.2, 0.25) is 0 Å². The smallest absolute Gasteiger partial charge is 0.407 e. The Kier molecular flexibility index (Phi) is 5.45. The lowest BCUT2D eigenvalue weighted by atomic mass is 10.2. The number of hydrogen-bond acceptors (Lipinski definition) is 3. The molecule has 0 spiro atoms. The lowest BCUT2D eigenvalue weighted by Crippen LogP contribution is -2.40. The summed E-state index contributed by atoms with van der Waals surface area (Å²) in [4.78, 5) is 14.0. The van der Waals surface area contributed by atoms with Gasteiger partial charge >= 0.3 is 6.09 Å². The summed E-state index contributed by atoms with van der Waals surface area (Å²) >= 11 is 3.39. The fourth-order valence-electron chi connectivity index (χ4n) is 2.46. The highest BCUT2D eigenvalue weighted by Crippen LogP contribution is 2.22. The Bertz CT molecular complexity index is 545. The number of ether oxygens (including phenoxy) is 1. The predicted octanol–water partition coefficient (Wildman–Crippen LogP) is 3.69. The van der Waals surface area contributed by atoms with Gasteiger partial charge in [0.2, 0.25) is 0 Å². The van der Waals surface area contributed by atoms with E-state index in [0.717, 1.165) is 36.1 Å². The average molecular weight is 373 g/mol. The van der Waals surface area contributed by atoms with Gasteiger partial charge in [0.25, 0.3) is 0 Å². The van der Waals surface area contributed by atoms with Gasteiger partial charge in [0, 0.05) is 30.1 Å². The van der Waals surface area contributed by atoms with Crippen LogP contribution in [0.4, 0.5) is 9.18 Å². The first-order valence-corrected chi connectivity index (χ1v) is 8.18. The zero-order valence-electron chi connectivity index (χ0n) is 13.2. The summed E-state index contributed by atoms with van der Waals surface area (Å²) in [6.45, 7) is 7.93. The molecular weight excluding hydrogens is 351 g/mol. The zero-order chi connectivity index (χ0) is 16.3. The molecule has 0 saturated carbocycles. The summed E-state index contributed by atoms with van der Waals surface area (Å²) in [5.41, 5.74) is 0.556. The first kappa shape index (κ1) is 17.2. The maximum Gasteiger partial charge on any atom is 0.407 e. The average Bonchev–Trinajstić information content (AvgIpc) is 2.77. The molecule has 1 saturated heterocycles. The molecule has 1 heterocycles. The van der Waals surface area contributed by atoms with Gasteiger partial charge in [0.15, 0.2) is 0 Å². The normalized spacial score (nSPS) is 19.2. The molecule has 1 atom stereocenters. The van der Waals surface area contributed by atoms with E-state index in [0.29, 0.717) is 0 Å². The van der Waals surface area contributed by atoms with Gasteiger partial charge in [-0.3, -0.25) is 4.90 Å². The van der Waals surface area contributed by atoms with Crippen molar-refractivity contribution < 1.29 is 13.9 Å². The van der Waals surface area contributed by atoms with Crippen LogP contribution < -0.4 is 5.32 Å². The lowest BCUT2D eigenvalue weighted by molar-refractivity contribution is 0.0505. The van der Waals surface area contributed by atoms with Gasteiger partial charge in [-0.05, 0) is 44.9 Å². The van der Waals surface area contributed by atoms with Gasteiger partial charge in [-0.1, -0.05) is 22.0 Å². The zero-order valence-corrected chi connectivity index (χ0v) is 14.7. The van der Waals surface area contributed by atoms with Crippen molar-refractivity contribution in [3.63, 3.8) is 0 Å². The first-order valence-electron chi connectivity index (χ1n) is 7.39. The number of amides is 1. The van der Waals surface area contributed by atoms with Crippen LogP contribution in [0.3, 0.4) is 0 Å². The number of nitrogens with zero attached hydrogens (tertiary/aromatic N) is 1. The molecule has 2 rings (SSSR count). The van der Waals surface area contributed by atoms with Crippen LogP contribution in [0.15, 0.2) is 22.7 Å². The highest BCUT2D eigenvalue weighted by atomic mass is 79.9.